The monoisotopic (exact) mass is 544 g/mol. The first-order valence-electron chi connectivity index (χ1n) is 8.91. The van der Waals surface area contributed by atoms with E-state index in [1.54, 1.807) is 12.1 Å². The van der Waals surface area contributed by atoms with Crippen molar-refractivity contribution < 1.29 is 13.2 Å². The SMILES string of the molecule is CS(=O)(=O)N1CCN(c2ccccc2NC(=S)NC(=O)c2ccc(I)cc2)CC1. The van der Waals surface area contributed by atoms with Gasteiger partial charge in [-0.3, -0.25) is 10.1 Å². The lowest BCUT2D eigenvalue weighted by Crippen LogP contribution is -2.48. The lowest BCUT2D eigenvalue weighted by Gasteiger charge is -2.35. The number of piperazine rings is 1. The Morgan fingerprint density at radius 1 is 1.03 bits per heavy atom. The van der Waals surface area contributed by atoms with Gasteiger partial charge in [-0.25, -0.2) is 8.42 Å². The Balaban J connectivity index is 1.65. The molecule has 10 heteroatoms. The van der Waals surface area contributed by atoms with Crippen molar-refractivity contribution in [2.75, 3.05) is 42.7 Å². The minimum Gasteiger partial charge on any atom is -0.367 e. The van der Waals surface area contributed by atoms with E-state index in [0.29, 0.717) is 31.7 Å². The summed E-state index contributed by atoms with van der Waals surface area (Å²) in [6.45, 7) is 2.02. The smallest absolute Gasteiger partial charge is 0.257 e. The highest BCUT2D eigenvalue weighted by Crippen LogP contribution is 2.27. The van der Waals surface area contributed by atoms with Gasteiger partial charge in [0.25, 0.3) is 5.91 Å². The molecule has 1 fully saturated rings. The number of nitrogens with one attached hydrogen (secondary N) is 2. The van der Waals surface area contributed by atoms with Crippen molar-refractivity contribution in [3.63, 3.8) is 0 Å². The van der Waals surface area contributed by atoms with E-state index in [2.05, 4.69) is 38.1 Å². The predicted octanol–water partition coefficient (Wildman–Crippen LogP) is 2.50. The molecule has 0 radical (unpaired) electrons. The predicted molar refractivity (Wildman–Crippen MR) is 128 cm³/mol. The van der Waals surface area contributed by atoms with Gasteiger partial charge in [0.15, 0.2) is 5.11 Å². The number of nitrogens with zero attached hydrogens (tertiary/aromatic N) is 2. The third-order valence-electron chi connectivity index (χ3n) is 4.53. The van der Waals surface area contributed by atoms with Gasteiger partial charge in [0.1, 0.15) is 0 Å². The minimum absolute atomic E-state index is 0.204. The Morgan fingerprint density at radius 3 is 2.28 bits per heavy atom. The van der Waals surface area contributed by atoms with Gasteiger partial charge in [0.2, 0.25) is 10.0 Å². The van der Waals surface area contributed by atoms with Crippen LogP contribution in [0.25, 0.3) is 0 Å². The van der Waals surface area contributed by atoms with E-state index in [4.69, 9.17) is 12.2 Å². The molecule has 0 aliphatic carbocycles. The Morgan fingerprint density at radius 2 is 1.66 bits per heavy atom. The zero-order valence-electron chi connectivity index (χ0n) is 15.8. The summed E-state index contributed by atoms with van der Waals surface area (Å²) in [5.74, 6) is -0.279. The van der Waals surface area contributed by atoms with E-state index < -0.39 is 10.0 Å². The van der Waals surface area contributed by atoms with E-state index in [9.17, 15) is 13.2 Å². The summed E-state index contributed by atoms with van der Waals surface area (Å²) in [5.41, 5.74) is 2.19. The number of amides is 1. The second-order valence-electron chi connectivity index (χ2n) is 6.58. The number of thiocarbonyl (C=S) groups is 1. The third-order valence-corrected chi connectivity index (χ3v) is 6.76. The van der Waals surface area contributed by atoms with Gasteiger partial charge in [-0.05, 0) is 71.2 Å². The maximum Gasteiger partial charge on any atom is 0.257 e. The van der Waals surface area contributed by atoms with Crippen molar-refractivity contribution in [3.8, 4) is 0 Å². The highest BCUT2D eigenvalue weighted by atomic mass is 127. The molecule has 0 bridgehead atoms. The van der Waals surface area contributed by atoms with E-state index in [1.807, 2.05) is 36.4 Å². The molecule has 0 aromatic heterocycles. The highest BCUT2D eigenvalue weighted by molar-refractivity contribution is 14.1. The molecule has 1 saturated heterocycles. The number of benzene rings is 2. The number of hydrogen-bond acceptors (Lipinski definition) is 5. The average molecular weight is 544 g/mol. The third kappa shape index (κ3) is 5.87. The summed E-state index contributed by atoms with van der Waals surface area (Å²) in [4.78, 5) is 14.5. The number of anilines is 2. The number of carbonyl (C=O) groups is 1. The molecule has 2 aromatic rings. The van der Waals surface area contributed by atoms with Crippen LogP contribution < -0.4 is 15.5 Å². The summed E-state index contributed by atoms with van der Waals surface area (Å²) in [6, 6.07) is 14.8. The van der Waals surface area contributed by atoms with Gasteiger partial charge in [-0.1, -0.05) is 12.1 Å². The number of hydrogen-bond donors (Lipinski definition) is 2. The average Bonchev–Trinajstić information content (AvgIpc) is 2.68. The molecule has 0 unspecified atom stereocenters. The molecule has 0 saturated carbocycles. The molecule has 1 heterocycles. The first-order valence-corrected chi connectivity index (χ1v) is 12.2. The molecule has 2 N–H and O–H groups in total. The second-order valence-corrected chi connectivity index (χ2v) is 10.2. The Kier molecular flexibility index (Phi) is 7.09. The van der Waals surface area contributed by atoms with Crippen molar-refractivity contribution in [2.24, 2.45) is 0 Å². The molecule has 1 aliphatic rings. The van der Waals surface area contributed by atoms with Crippen LogP contribution in [0.1, 0.15) is 10.4 Å². The quantitative estimate of drug-likeness (QED) is 0.455. The summed E-state index contributed by atoms with van der Waals surface area (Å²) in [7, 11) is -3.18. The molecular weight excluding hydrogens is 523 g/mol. The molecule has 0 spiro atoms. The fourth-order valence-corrected chi connectivity index (χ4v) is 4.43. The Labute approximate surface area is 189 Å². The van der Waals surface area contributed by atoms with Gasteiger partial charge < -0.3 is 10.2 Å². The number of halogens is 1. The maximum atomic E-state index is 12.4. The topological polar surface area (TPSA) is 81.8 Å². The first-order chi connectivity index (χ1) is 13.7. The Hall–Kier alpha value is -1.76. The van der Waals surface area contributed by atoms with Crippen molar-refractivity contribution in [3.05, 3.63) is 57.7 Å². The zero-order chi connectivity index (χ0) is 21.0. The minimum atomic E-state index is -3.18. The fourth-order valence-electron chi connectivity index (χ4n) is 3.05. The van der Waals surface area contributed by atoms with Crippen LogP contribution in [0.5, 0.6) is 0 Å². The first kappa shape index (κ1) is 21.9. The normalized spacial score (nSPS) is 15.0. The van der Waals surface area contributed by atoms with Crippen LogP contribution in [-0.4, -0.2) is 56.2 Å². The molecule has 7 nitrogen and oxygen atoms in total. The maximum absolute atomic E-state index is 12.4. The van der Waals surface area contributed by atoms with Crippen LogP contribution in [0.15, 0.2) is 48.5 Å². The lowest BCUT2D eigenvalue weighted by molar-refractivity contribution is 0.0977. The Bertz CT molecular complexity index is 1000. The molecule has 3 rings (SSSR count). The summed E-state index contributed by atoms with van der Waals surface area (Å²) in [5, 5.41) is 5.98. The molecule has 29 heavy (non-hydrogen) atoms. The molecule has 2 aromatic carbocycles. The van der Waals surface area contributed by atoms with Crippen LogP contribution in [0.4, 0.5) is 11.4 Å². The molecule has 0 atom stereocenters. The van der Waals surface area contributed by atoms with Crippen molar-refractivity contribution in [1.29, 1.82) is 0 Å². The van der Waals surface area contributed by atoms with Gasteiger partial charge in [0.05, 0.1) is 17.6 Å². The summed E-state index contributed by atoms with van der Waals surface area (Å²) in [6.07, 6.45) is 1.23. The van der Waals surface area contributed by atoms with Gasteiger partial charge in [-0.2, -0.15) is 4.31 Å². The van der Waals surface area contributed by atoms with Crippen molar-refractivity contribution in [1.82, 2.24) is 9.62 Å². The van der Waals surface area contributed by atoms with Crippen LogP contribution in [0.3, 0.4) is 0 Å². The molecular formula is C19H21IN4O3S2. The second kappa shape index (κ2) is 9.37. The van der Waals surface area contributed by atoms with Gasteiger partial charge in [-0.15, -0.1) is 0 Å². The highest BCUT2D eigenvalue weighted by Gasteiger charge is 2.24. The van der Waals surface area contributed by atoms with Crippen LogP contribution >= 0.6 is 34.8 Å². The van der Waals surface area contributed by atoms with Crippen molar-refractivity contribution >= 4 is 67.2 Å². The van der Waals surface area contributed by atoms with E-state index >= 15 is 0 Å². The van der Waals surface area contributed by atoms with E-state index in [1.165, 1.54) is 10.6 Å². The standard InChI is InChI=1S/C19H21IN4O3S2/c1-29(26,27)24-12-10-23(11-13-24)17-5-3-2-4-16(17)21-19(28)22-18(25)14-6-8-15(20)9-7-14/h2-9H,10-13H2,1H3,(H2,21,22,25,28). The number of para-hydroxylation sites is 2. The summed E-state index contributed by atoms with van der Waals surface area (Å²) < 4.78 is 26.0. The van der Waals surface area contributed by atoms with E-state index in [-0.39, 0.29) is 11.0 Å². The van der Waals surface area contributed by atoms with E-state index in [0.717, 1.165) is 14.9 Å². The number of rotatable bonds is 4. The number of carbonyl (C=O) groups excluding carboxylic acids is 1. The molecule has 154 valence electrons. The van der Waals surface area contributed by atoms with Crippen LogP contribution in [0, 0.1) is 3.57 Å². The largest absolute Gasteiger partial charge is 0.367 e. The zero-order valence-corrected chi connectivity index (χ0v) is 19.6. The lowest BCUT2D eigenvalue weighted by atomic mass is 10.2. The molecule has 1 aliphatic heterocycles. The molecule has 1 amide bonds. The van der Waals surface area contributed by atoms with Crippen LogP contribution in [0.2, 0.25) is 0 Å². The van der Waals surface area contributed by atoms with Crippen LogP contribution in [-0.2, 0) is 10.0 Å². The van der Waals surface area contributed by atoms with Gasteiger partial charge in [0, 0.05) is 35.3 Å². The summed E-state index contributed by atoms with van der Waals surface area (Å²) >= 11 is 7.50. The van der Waals surface area contributed by atoms with Crippen molar-refractivity contribution in [2.45, 2.75) is 0 Å². The van der Waals surface area contributed by atoms with Gasteiger partial charge >= 0.3 is 0 Å². The fraction of sp³-hybridized carbons (Fsp3) is 0.263. The number of sulfonamides is 1.